The van der Waals surface area contributed by atoms with E-state index in [1.54, 1.807) is 130 Å². The lowest BCUT2D eigenvalue weighted by Gasteiger charge is -2.13. The average molecular weight is 1710 g/mol. The van der Waals surface area contributed by atoms with Gasteiger partial charge in [-0.3, -0.25) is 87.0 Å². The number of amides is 6. The van der Waals surface area contributed by atoms with E-state index >= 15 is 0 Å². The fourth-order valence-electron chi connectivity index (χ4n) is 9.64. The van der Waals surface area contributed by atoms with Crippen molar-refractivity contribution in [3.63, 3.8) is 0 Å². The third-order valence-corrected chi connectivity index (χ3v) is 21.7. The molecule has 0 bridgehead atoms. The number of aryl methyl sites for hydroxylation is 1. The van der Waals surface area contributed by atoms with Crippen molar-refractivity contribution in [2.24, 2.45) is 0 Å². The van der Waals surface area contributed by atoms with Crippen LogP contribution in [0.5, 0.6) is 5.75 Å². The quantitative estimate of drug-likeness (QED) is 0.0725. The molecule has 16 heterocycles. The third-order valence-electron chi connectivity index (χ3n) is 15.3. The van der Waals surface area contributed by atoms with Gasteiger partial charge in [-0.1, -0.05) is 0 Å². The van der Waals surface area contributed by atoms with Crippen LogP contribution in [0.15, 0.2) is 184 Å². The largest absolute Gasteiger partial charge is 0.492 e. The summed E-state index contributed by atoms with van der Waals surface area (Å²) >= 11 is 0. The van der Waals surface area contributed by atoms with Crippen LogP contribution in [0.2, 0.25) is 0 Å². The summed E-state index contributed by atoms with van der Waals surface area (Å²) in [6, 6.07) is 10.9. The summed E-state index contributed by atoms with van der Waals surface area (Å²) < 4.78 is 129. The van der Waals surface area contributed by atoms with E-state index in [1.807, 2.05) is 63.1 Å². The summed E-state index contributed by atoms with van der Waals surface area (Å²) in [5.41, 5.74) is 7.48. The van der Waals surface area contributed by atoms with Crippen LogP contribution in [0.1, 0.15) is 35.7 Å². The van der Waals surface area contributed by atoms with E-state index in [0.717, 1.165) is 50.8 Å². The zero-order chi connectivity index (χ0) is 83.1. The van der Waals surface area contributed by atoms with Gasteiger partial charge in [-0.25, -0.2) is 58.1 Å². The molecule has 7 N–H and O–H groups in total. The Kier molecular flexibility index (Phi) is 27.0. The van der Waals surface area contributed by atoms with Gasteiger partial charge in [-0.15, -0.1) is 5.10 Å². The summed E-state index contributed by atoms with van der Waals surface area (Å²) in [6.07, 6.45) is 35.7. The number of aliphatic carboxylic acids is 1. The monoisotopic (exact) mass is 1710 g/mol. The van der Waals surface area contributed by atoms with Crippen LogP contribution in [0.25, 0.3) is 63.8 Å². The Labute approximate surface area is 667 Å². The van der Waals surface area contributed by atoms with Gasteiger partial charge >= 0.3 is 12.1 Å². The molecule has 0 spiro atoms. The molecule has 50 heteroatoms. The van der Waals surface area contributed by atoms with Gasteiger partial charge in [0.2, 0.25) is 0 Å². The number of alkyl halides is 3. The SMILES string of the molecule is CN(C)c1ccn(C2=CC(=O)NS2=O)n1.CN(C)c1ccnn1C1=CC(=O)NS1=O.Cc1cnc(-c2cnn(C3=CC(=O)NS3=O)c2)cn1.O=C(O)C(F)(F)F.O=C1C=C(n2cc(-c3ccncc3)cn2)S(=O)N1.O=C1C=C(n2cc(-c3cnc(C4CC4)cn3)cn2)S(=O)N1.O=C1C=C(n2cc(CCOc3cccnc3)cn2)S(=O)N1. The molecule has 0 radical (unpaired) electrons. The molecule has 1 saturated carbocycles. The highest BCUT2D eigenvalue weighted by Crippen LogP contribution is 2.39. The van der Waals surface area contributed by atoms with E-state index in [2.05, 4.69) is 88.8 Å². The molecule has 6 unspecified atom stereocenters. The van der Waals surface area contributed by atoms with Crippen molar-refractivity contribution in [2.75, 3.05) is 44.6 Å². The second kappa shape index (κ2) is 37.5. The molecule has 1 aliphatic carbocycles. The number of carbonyl (C=O) groups excluding carboxylic acids is 6. The van der Waals surface area contributed by atoms with Crippen molar-refractivity contribution >= 4 is 149 Å². The molecule has 17 rings (SSSR count). The first-order valence-electron chi connectivity index (χ1n) is 33.0. The topological polar surface area (TPSA) is 514 Å². The number of halogens is 3. The van der Waals surface area contributed by atoms with Crippen LogP contribution in [0, 0.1) is 6.92 Å². The molecule has 6 atom stereocenters. The third kappa shape index (κ3) is 22.1. The Morgan fingerprint density at radius 2 is 0.940 bits per heavy atom. The van der Waals surface area contributed by atoms with Gasteiger partial charge in [0.05, 0.1) is 79.0 Å². The molecule has 6 aliphatic heterocycles. The number of pyridine rings is 2. The van der Waals surface area contributed by atoms with E-state index in [9.17, 15) is 67.2 Å². The number of carboxylic acids is 1. The van der Waals surface area contributed by atoms with Crippen LogP contribution >= 0.6 is 0 Å². The number of aromatic nitrogens is 18. The number of ether oxygens (including phenoxy) is 1. The van der Waals surface area contributed by atoms with E-state index < -0.39 is 78.1 Å². The zero-order valence-electron chi connectivity index (χ0n) is 60.4. The summed E-state index contributed by atoms with van der Waals surface area (Å²) in [4.78, 5) is 104. The molecule has 10 aromatic rings. The minimum Gasteiger partial charge on any atom is -0.492 e. The fourth-order valence-corrected chi connectivity index (χ4v) is 14.7. The first-order valence-corrected chi connectivity index (χ1v) is 39.9. The number of carboxylic acid groups (broad SMARTS) is 1. The number of hydrogen-bond donors (Lipinski definition) is 7. The normalized spacial score (nSPS) is 18.7. The molecular weight excluding hydrogens is 1650 g/mol. The summed E-state index contributed by atoms with van der Waals surface area (Å²) in [5.74, 6) is -2.20. The van der Waals surface area contributed by atoms with Crippen molar-refractivity contribution in [1.29, 1.82) is 0 Å². The molecule has 7 aliphatic rings. The lowest BCUT2D eigenvalue weighted by Crippen LogP contribution is -2.21. The molecule has 1 fully saturated rings. The van der Waals surface area contributed by atoms with Gasteiger partial charge in [0.1, 0.15) is 11.6 Å². The first-order chi connectivity index (χ1) is 55.4. The highest BCUT2D eigenvalue weighted by atomic mass is 32.2. The molecule has 6 amide bonds. The lowest BCUT2D eigenvalue weighted by atomic mass is 10.1. The number of carbonyl (C=O) groups is 7. The van der Waals surface area contributed by atoms with Crippen LogP contribution in [0.3, 0.4) is 0 Å². The molecule has 10 aromatic heterocycles. The van der Waals surface area contributed by atoms with Crippen LogP contribution in [-0.2, 0) is 106 Å². The van der Waals surface area contributed by atoms with Gasteiger partial charge in [-0.2, -0.15) is 38.7 Å². The van der Waals surface area contributed by atoms with Gasteiger partial charge < -0.3 is 19.6 Å². The number of rotatable bonds is 16. The van der Waals surface area contributed by atoms with Crippen molar-refractivity contribution in [2.45, 2.75) is 38.3 Å². The van der Waals surface area contributed by atoms with Crippen molar-refractivity contribution < 1.29 is 81.8 Å². The average Bonchev–Trinajstić information content (AvgIpc) is 1.70. The minimum atomic E-state index is -5.08. The molecular formula is C66H61F3N26O15S6. The van der Waals surface area contributed by atoms with Gasteiger partial charge in [0, 0.05) is 168 Å². The Morgan fingerprint density at radius 3 is 1.34 bits per heavy atom. The fraction of sp³-hybridized carbons (Fsp3) is 0.167. The standard InChI is InChI=1S/C13H11N5O2S.C13H12N4O3S.C11H9N5O2S.C11H8N4O2S.2C8H10N4O2S.C2HF3O2/c19-12-3-13(21(20)17-12)18-7-9(4-16-18)11-6-14-10(5-15-11)8-1-2-8;18-12-6-13(21(19)16-12)17-9-10(7-15-17)3-5-20-11-2-1-4-14-8-11;1-7-3-13-9(5-12-7)8-4-14-16(6-8)11-2-10(17)15-19(11)18;16-10-5-11(18(17)14-10)15-7-9(6-13-15)8-1-3-12-4-2-8;1-11(2)7-3-4-9-12(7)8-5-6(13)10-15(8)14;1-11(2)6-3-4-12(9-6)8-5-7(13)10-15(8)14;3-2(4,5)1(6)7/h3-8H,1-2H2,(H,17,19);1-2,4,6-9H,3,5H2,(H,16,18);2-6H,1H3,(H,15,17);1-7H,(H,14,16);2*3-5H,1-2H3,(H,10,13);(H,6,7). The van der Waals surface area contributed by atoms with E-state index in [0.29, 0.717) is 66.3 Å². The Balaban J connectivity index is 0.000000135. The van der Waals surface area contributed by atoms with Crippen LogP contribution in [0.4, 0.5) is 24.8 Å². The second-order valence-corrected chi connectivity index (χ2v) is 31.1. The maximum atomic E-state index is 11.7. The van der Waals surface area contributed by atoms with Gasteiger partial charge in [0.25, 0.3) is 35.4 Å². The van der Waals surface area contributed by atoms with Gasteiger partial charge in [-0.05, 0) is 55.2 Å². The predicted molar refractivity (Wildman–Crippen MR) is 414 cm³/mol. The number of hydrogen-bond acceptors (Lipinski definition) is 28. The zero-order valence-corrected chi connectivity index (χ0v) is 65.3. The summed E-state index contributed by atoms with van der Waals surface area (Å²) in [5, 5.41) is 33.7. The lowest BCUT2D eigenvalue weighted by molar-refractivity contribution is -0.192. The van der Waals surface area contributed by atoms with Crippen LogP contribution in [-0.4, -0.2) is 201 Å². The summed E-state index contributed by atoms with van der Waals surface area (Å²) in [6.45, 7) is 2.33. The minimum absolute atomic E-state index is 0.302. The van der Waals surface area contributed by atoms with Crippen LogP contribution < -0.4 is 42.9 Å². The van der Waals surface area contributed by atoms with Crippen molar-refractivity contribution in [3.05, 3.63) is 201 Å². The molecule has 0 saturated heterocycles. The van der Waals surface area contributed by atoms with Gasteiger partial charge in [0.15, 0.2) is 102 Å². The molecule has 0 aromatic carbocycles. The highest BCUT2D eigenvalue weighted by Gasteiger charge is 2.38. The summed E-state index contributed by atoms with van der Waals surface area (Å²) in [7, 11) is -1.80. The van der Waals surface area contributed by atoms with Crippen molar-refractivity contribution in [3.8, 4) is 39.4 Å². The van der Waals surface area contributed by atoms with E-state index in [1.165, 1.54) is 77.4 Å². The first kappa shape index (κ1) is 83.5. The van der Waals surface area contributed by atoms with E-state index in [-0.39, 0.29) is 35.4 Å². The Bertz CT molecular complexity index is 5750. The maximum Gasteiger partial charge on any atom is 0.490 e. The second-order valence-electron chi connectivity index (χ2n) is 24.1. The predicted octanol–water partition coefficient (Wildman–Crippen LogP) is 1.79. The molecule has 602 valence electrons. The number of nitrogens with zero attached hydrogens (tertiary/aromatic N) is 20. The highest BCUT2D eigenvalue weighted by molar-refractivity contribution is 7.95. The molecule has 116 heavy (non-hydrogen) atoms. The number of nitrogens with one attached hydrogen (secondary N) is 6. The smallest absolute Gasteiger partial charge is 0.490 e. The Hall–Kier alpha value is -13.5. The maximum absolute atomic E-state index is 11.7. The Morgan fingerprint density at radius 1 is 0.491 bits per heavy atom. The van der Waals surface area contributed by atoms with E-state index in [4.69, 9.17) is 14.6 Å². The number of anilines is 2. The molecule has 41 nitrogen and oxygen atoms in total. The van der Waals surface area contributed by atoms with Crippen molar-refractivity contribution in [1.82, 2.24) is 117 Å².